The predicted molar refractivity (Wildman–Crippen MR) is 122 cm³/mol. The maximum Gasteiger partial charge on any atom is 0.253 e. The van der Waals surface area contributed by atoms with Crippen molar-refractivity contribution < 1.29 is 9.53 Å². The summed E-state index contributed by atoms with van der Waals surface area (Å²) in [6, 6.07) is 15.3. The summed E-state index contributed by atoms with van der Waals surface area (Å²) >= 11 is 0. The molecular weight excluding hydrogens is 372 g/mol. The van der Waals surface area contributed by atoms with Crippen LogP contribution >= 0.6 is 0 Å². The summed E-state index contributed by atoms with van der Waals surface area (Å²) in [6.07, 6.45) is 6.48. The Morgan fingerprint density at radius 2 is 2.00 bits per heavy atom. The van der Waals surface area contributed by atoms with Gasteiger partial charge in [-0.25, -0.2) is 0 Å². The molecule has 1 heterocycles. The van der Waals surface area contributed by atoms with Gasteiger partial charge in [0.25, 0.3) is 5.91 Å². The third kappa shape index (κ3) is 4.01. The second kappa shape index (κ2) is 9.05. The van der Waals surface area contributed by atoms with Crippen LogP contribution in [0.25, 0.3) is 0 Å². The summed E-state index contributed by atoms with van der Waals surface area (Å²) in [5, 5.41) is 6.80. The van der Waals surface area contributed by atoms with Crippen LogP contribution in [0.1, 0.15) is 71.6 Å². The van der Waals surface area contributed by atoms with Crippen molar-refractivity contribution in [1.82, 2.24) is 5.32 Å². The third-order valence-corrected chi connectivity index (χ3v) is 6.41. The van der Waals surface area contributed by atoms with E-state index >= 15 is 0 Å². The van der Waals surface area contributed by atoms with Crippen LogP contribution in [0.3, 0.4) is 0 Å². The van der Waals surface area contributed by atoms with Gasteiger partial charge in [-0.3, -0.25) is 4.79 Å². The fraction of sp³-hybridized carbons (Fsp3) is 0.423. The second-order valence-corrected chi connectivity index (χ2v) is 8.67. The van der Waals surface area contributed by atoms with Gasteiger partial charge in [0.1, 0.15) is 0 Å². The van der Waals surface area contributed by atoms with Crippen LogP contribution in [-0.4, -0.2) is 26.2 Å². The highest BCUT2D eigenvalue weighted by atomic mass is 16.5. The molecule has 0 radical (unpaired) electrons. The van der Waals surface area contributed by atoms with Crippen molar-refractivity contribution in [1.29, 1.82) is 0 Å². The summed E-state index contributed by atoms with van der Waals surface area (Å²) in [5.74, 6) is 1.32. The van der Waals surface area contributed by atoms with Gasteiger partial charge in [-0.1, -0.05) is 62.4 Å². The van der Waals surface area contributed by atoms with Crippen LogP contribution in [0, 0.1) is 5.92 Å². The van der Waals surface area contributed by atoms with E-state index < -0.39 is 0 Å². The molecule has 0 saturated heterocycles. The maximum absolute atomic E-state index is 12.9. The first-order valence-electron chi connectivity index (χ1n) is 11.0. The lowest BCUT2D eigenvalue weighted by Gasteiger charge is -2.38. The minimum Gasteiger partial charge on any atom is -0.385 e. The molecule has 2 aromatic rings. The number of para-hydroxylation sites is 1. The first-order chi connectivity index (χ1) is 14.6. The van der Waals surface area contributed by atoms with Gasteiger partial charge in [-0.05, 0) is 47.4 Å². The zero-order valence-electron chi connectivity index (χ0n) is 18.2. The molecule has 4 rings (SSSR count). The quantitative estimate of drug-likeness (QED) is 0.480. The zero-order valence-corrected chi connectivity index (χ0v) is 18.2. The molecule has 4 nitrogen and oxygen atoms in total. The van der Waals surface area contributed by atoms with E-state index in [2.05, 4.69) is 67.0 Å². The summed E-state index contributed by atoms with van der Waals surface area (Å²) in [7, 11) is 1.68. The van der Waals surface area contributed by atoms with Gasteiger partial charge < -0.3 is 15.4 Å². The smallest absolute Gasteiger partial charge is 0.253 e. The Morgan fingerprint density at radius 1 is 1.20 bits per heavy atom. The highest BCUT2D eigenvalue weighted by Crippen LogP contribution is 2.50. The molecular formula is C26H32N2O2. The molecule has 0 saturated carbocycles. The van der Waals surface area contributed by atoms with E-state index in [0.717, 1.165) is 24.1 Å². The zero-order chi connectivity index (χ0) is 21.1. The van der Waals surface area contributed by atoms with Crippen LogP contribution in [0.15, 0.2) is 54.6 Å². The molecule has 30 heavy (non-hydrogen) atoms. The molecule has 2 aromatic carbocycles. The van der Waals surface area contributed by atoms with Gasteiger partial charge in [0.05, 0.1) is 17.3 Å². The molecule has 1 aliphatic heterocycles. The normalized spacial score (nSPS) is 21.8. The summed E-state index contributed by atoms with van der Waals surface area (Å²) < 4.78 is 5.08. The Labute approximate surface area is 179 Å². The molecule has 1 aliphatic carbocycles. The van der Waals surface area contributed by atoms with Crippen molar-refractivity contribution in [3.8, 4) is 0 Å². The Balaban J connectivity index is 1.63. The summed E-state index contributed by atoms with van der Waals surface area (Å²) in [5.41, 5.74) is 5.58. The van der Waals surface area contributed by atoms with Crippen LogP contribution < -0.4 is 10.6 Å². The average Bonchev–Trinajstić information content (AvgIpc) is 3.26. The third-order valence-electron chi connectivity index (χ3n) is 6.41. The summed E-state index contributed by atoms with van der Waals surface area (Å²) in [6.45, 7) is 5.70. The molecule has 0 fully saturated rings. The monoisotopic (exact) mass is 404 g/mol. The molecule has 4 heteroatoms. The molecule has 0 spiro atoms. The average molecular weight is 405 g/mol. The Hall–Kier alpha value is -2.59. The number of allylic oxidation sites excluding steroid dienone is 2. The number of anilines is 1. The molecule has 2 aliphatic rings. The van der Waals surface area contributed by atoms with Crippen molar-refractivity contribution >= 4 is 11.6 Å². The van der Waals surface area contributed by atoms with Gasteiger partial charge in [0, 0.05) is 26.2 Å². The molecule has 3 unspecified atom stereocenters. The van der Waals surface area contributed by atoms with Gasteiger partial charge in [-0.15, -0.1) is 0 Å². The highest BCUT2D eigenvalue weighted by molar-refractivity contribution is 6.00. The van der Waals surface area contributed by atoms with Crippen molar-refractivity contribution in [3.63, 3.8) is 0 Å². The Bertz CT molecular complexity index is 917. The van der Waals surface area contributed by atoms with Gasteiger partial charge >= 0.3 is 0 Å². The van der Waals surface area contributed by atoms with Crippen molar-refractivity contribution in [2.24, 2.45) is 5.92 Å². The lowest BCUT2D eigenvalue weighted by atomic mass is 9.76. The molecule has 0 aromatic heterocycles. The number of rotatable bonds is 7. The van der Waals surface area contributed by atoms with Gasteiger partial charge in [0.15, 0.2) is 0 Å². The molecule has 3 atom stereocenters. The van der Waals surface area contributed by atoms with Crippen LogP contribution in [0.5, 0.6) is 0 Å². The minimum atomic E-state index is -0.0233. The van der Waals surface area contributed by atoms with E-state index in [9.17, 15) is 4.79 Å². The minimum absolute atomic E-state index is 0.0233. The van der Waals surface area contributed by atoms with Crippen LogP contribution in [-0.2, 0) is 4.74 Å². The number of carbonyl (C=O) groups excluding carboxylic acids is 1. The van der Waals surface area contributed by atoms with E-state index in [1.807, 2.05) is 12.1 Å². The molecule has 158 valence electrons. The first kappa shape index (κ1) is 20.7. The fourth-order valence-electron chi connectivity index (χ4n) is 4.74. The van der Waals surface area contributed by atoms with Crippen LogP contribution in [0.2, 0.25) is 0 Å². The van der Waals surface area contributed by atoms with E-state index in [4.69, 9.17) is 4.74 Å². The molecule has 0 bridgehead atoms. The number of fused-ring (bicyclic) bond motifs is 3. The van der Waals surface area contributed by atoms with Gasteiger partial charge in [0.2, 0.25) is 0 Å². The number of hydrogen-bond acceptors (Lipinski definition) is 3. The fourth-order valence-corrected chi connectivity index (χ4v) is 4.74. The number of nitrogens with one attached hydrogen (secondary N) is 2. The Kier molecular flexibility index (Phi) is 6.24. The lowest BCUT2D eigenvalue weighted by molar-refractivity contribution is 0.0949. The summed E-state index contributed by atoms with van der Waals surface area (Å²) in [4.78, 5) is 12.9. The molecule has 1 amide bonds. The topological polar surface area (TPSA) is 50.4 Å². The van der Waals surface area contributed by atoms with E-state index in [1.165, 1.54) is 16.7 Å². The van der Waals surface area contributed by atoms with Gasteiger partial charge in [-0.2, -0.15) is 0 Å². The number of methoxy groups -OCH3 is 1. The maximum atomic E-state index is 12.9. The van der Waals surface area contributed by atoms with Crippen LogP contribution in [0.4, 0.5) is 5.69 Å². The number of carbonyl (C=O) groups is 1. The van der Waals surface area contributed by atoms with Crippen molar-refractivity contribution in [2.45, 2.75) is 44.6 Å². The number of benzene rings is 2. The predicted octanol–water partition coefficient (Wildman–Crippen LogP) is 5.40. The number of amides is 1. The largest absolute Gasteiger partial charge is 0.385 e. The van der Waals surface area contributed by atoms with E-state index in [-0.39, 0.29) is 11.9 Å². The lowest BCUT2D eigenvalue weighted by Crippen LogP contribution is -2.32. The van der Waals surface area contributed by atoms with Crippen molar-refractivity contribution in [3.05, 3.63) is 76.9 Å². The first-order valence-corrected chi connectivity index (χ1v) is 11.0. The number of hydrogen-bond donors (Lipinski definition) is 2. The SMILES string of the molecule is COCCCNC(=O)c1cccc2c1NC(c1ccc(C(C)C)cc1)C1CC=CC21. The highest BCUT2D eigenvalue weighted by Gasteiger charge is 2.39. The Morgan fingerprint density at radius 3 is 2.73 bits per heavy atom. The number of ether oxygens (including phenoxy) is 1. The second-order valence-electron chi connectivity index (χ2n) is 8.67. The van der Waals surface area contributed by atoms with E-state index in [1.54, 1.807) is 7.11 Å². The standard InChI is InChI=1S/C26H32N2O2/c1-17(2)18-11-13-19(14-12-18)24-21-8-4-7-20(21)22-9-5-10-23(25(22)28-24)26(29)27-15-6-16-30-3/h4-5,7,9-14,17,20-21,24,28H,6,8,15-16H2,1-3H3,(H,27,29). The van der Waals surface area contributed by atoms with E-state index in [0.29, 0.717) is 30.9 Å². The molecule has 2 N–H and O–H groups in total. The van der Waals surface area contributed by atoms with Crippen molar-refractivity contribution in [2.75, 3.05) is 25.6 Å².